The van der Waals surface area contributed by atoms with Gasteiger partial charge in [0.15, 0.2) is 0 Å². The first-order valence-corrected chi connectivity index (χ1v) is 8.71. The minimum absolute atomic E-state index is 0.0830. The minimum atomic E-state index is -0.193. The van der Waals surface area contributed by atoms with Crippen molar-refractivity contribution in [3.05, 3.63) is 23.8 Å². The molecule has 0 aromatic rings. The summed E-state index contributed by atoms with van der Waals surface area (Å²) >= 11 is 0. The average molecular weight is 320 g/mol. The Balaban J connectivity index is 2.80. The normalized spacial score (nSPS) is 24.7. The maximum absolute atomic E-state index is 12.3. The van der Waals surface area contributed by atoms with E-state index in [0.717, 1.165) is 25.8 Å². The number of aliphatic imine (C=N–C) groups is 1. The van der Waals surface area contributed by atoms with Crippen LogP contribution in [0.15, 0.2) is 28.8 Å². The van der Waals surface area contributed by atoms with Gasteiger partial charge in [0.25, 0.3) is 0 Å². The molecule has 0 bridgehead atoms. The van der Waals surface area contributed by atoms with Crippen molar-refractivity contribution < 1.29 is 9.53 Å². The summed E-state index contributed by atoms with van der Waals surface area (Å²) in [5.41, 5.74) is 2.43. The van der Waals surface area contributed by atoms with Crippen LogP contribution in [0.1, 0.15) is 60.8 Å². The molecule has 1 aliphatic rings. The first-order valence-electron chi connectivity index (χ1n) is 8.71. The number of allylic oxidation sites excluding steroid dienone is 2. The Labute approximate surface area is 141 Å². The third-order valence-corrected chi connectivity index (χ3v) is 4.13. The molecule has 1 saturated heterocycles. The lowest BCUT2D eigenvalue weighted by molar-refractivity contribution is 0.0461. The molecule has 0 radical (unpaired) electrons. The molecule has 0 N–H and O–H groups in total. The molecule has 4 nitrogen and oxygen atoms in total. The van der Waals surface area contributed by atoms with Crippen LogP contribution in [0.5, 0.6) is 0 Å². The van der Waals surface area contributed by atoms with Gasteiger partial charge in [-0.25, -0.2) is 4.79 Å². The van der Waals surface area contributed by atoms with E-state index in [1.165, 1.54) is 11.3 Å². The van der Waals surface area contributed by atoms with Crippen LogP contribution in [0, 0.1) is 0 Å². The van der Waals surface area contributed by atoms with Crippen LogP contribution in [-0.4, -0.2) is 41.4 Å². The van der Waals surface area contributed by atoms with Crippen LogP contribution in [0.4, 0.5) is 4.79 Å². The molecule has 0 aromatic carbocycles. The Morgan fingerprint density at radius 2 is 2.09 bits per heavy atom. The molecule has 23 heavy (non-hydrogen) atoms. The number of amides is 1. The quantitative estimate of drug-likeness (QED) is 0.685. The third-order valence-electron chi connectivity index (χ3n) is 4.13. The Morgan fingerprint density at radius 3 is 2.61 bits per heavy atom. The van der Waals surface area contributed by atoms with Crippen molar-refractivity contribution in [2.45, 2.75) is 79.0 Å². The largest absolute Gasteiger partial charge is 0.447 e. The molecule has 1 rings (SSSR count). The highest BCUT2D eigenvalue weighted by atomic mass is 16.6. The molecule has 1 aliphatic heterocycles. The molecule has 0 aliphatic carbocycles. The first-order chi connectivity index (χ1) is 10.9. The lowest BCUT2D eigenvalue weighted by atomic mass is 9.93. The number of hydrogen-bond acceptors (Lipinski definition) is 3. The maximum Gasteiger partial charge on any atom is 0.410 e. The van der Waals surface area contributed by atoms with Crippen LogP contribution in [0.2, 0.25) is 0 Å². The fourth-order valence-corrected chi connectivity index (χ4v) is 2.97. The van der Waals surface area contributed by atoms with Crippen molar-refractivity contribution in [1.29, 1.82) is 0 Å². The van der Waals surface area contributed by atoms with E-state index in [1.54, 1.807) is 0 Å². The smallest absolute Gasteiger partial charge is 0.410 e. The fourth-order valence-electron chi connectivity index (χ4n) is 2.97. The Hall–Kier alpha value is -1.58. The SMILES string of the molecule is C/C=C\C(=C/C)CN=C1C[C@H](CC)N(C(=O)OC(C)C)[C@H](C)C1. The number of rotatable bonds is 5. The van der Waals surface area contributed by atoms with E-state index >= 15 is 0 Å². The van der Waals surface area contributed by atoms with Crippen LogP contribution < -0.4 is 0 Å². The summed E-state index contributed by atoms with van der Waals surface area (Å²) in [6.45, 7) is 12.8. The molecule has 1 amide bonds. The van der Waals surface area contributed by atoms with Crippen LogP contribution in [0.3, 0.4) is 0 Å². The molecule has 2 atom stereocenters. The summed E-state index contributed by atoms with van der Waals surface area (Å²) in [5, 5.41) is 0. The highest BCUT2D eigenvalue weighted by Gasteiger charge is 2.34. The van der Waals surface area contributed by atoms with Gasteiger partial charge in [0.2, 0.25) is 0 Å². The molecular formula is C19H32N2O2. The molecular weight excluding hydrogens is 288 g/mol. The highest BCUT2D eigenvalue weighted by Crippen LogP contribution is 2.25. The second-order valence-electron chi connectivity index (χ2n) is 6.41. The number of carbonyl (C=O) groups excluding carboxylic acids is 1. The fraction of sp³-hybridized carbons (Fsp3) is 0.684. The van der Waals surface area contributed by atoms with Gasteiger partial charge in [-0.15, -0.1) is 0 Å². The highest BCUT2D eigenvalue weighted by molar-refractivity contribution is 5.88. The number of piperidine rings is 1. The standard InChI is InChI=1S/C19H32N2O2/c1-7-10-16(8-2)13-20-17-11-15(6)21(18(9-3)12-17)19(22)23-14(4)5/h7-8,10,14-15,18H,9,11-13H2,1-6H3/b10-7-,16-8+,20-17?/t15-,18+/m1/s1. The topological polar surface area (TPSA) is 41.9 Å². The van der Waals surface area contributed by atoms with E-state index in [4.69, 9.17) is 9.73 Å². The second kappa shape index (κ2) is 9.53. The molecule has 0 aromatic heterocycles. The van der Waals surface area contributed by atoms with E-state index in [1.807, 2.05) is 38.7 Å². The summed E-state index contributed by atoms with van der Waals surface area (Å²) in [5.74, 6) is 0. The number of ether oxygens (including phenoxy) is 1. The summed E-state index contributed by atoms with van der Waals surface area (Å²) in [6.07, 6.45) is 8.55. The zero-order valence-corrected chi connectivity index (χ0v) is 15.5. The van der Waals surface area contributed by atoms with Gasteiger partial charge in [0.1, 0.15) is 0 Å². The van der Waals surface area contributed by atoms with Crippen molar-refractivity contribution in [3.63, 3.8) is 0 Å². The number of hydrogen-bond donors (Lipinski definition) is 0. The van der Waals surface area contributed by atoms with Gasteiger partial charge in [0, 0.05) is 30.6 Å². The van der Waals surface area contributed by atoms with Crippen molar-refractivity contribution >= 4 is 11.8 Å². The van der Waals surface area contributed by atoms with Gasteiger partial charge in [-0.1, -0.05) is 25.2 Å². The van der Waals surface area contributed by atoms with E-state index in [2.05, 4.69) is 26.0 Å². The van der Waals surface area contributed by atoms with Crippen molar-refractivity contribution in [2.75, 3.05) is 6.54 Å². The van der Waals surface area contributed by atoms with Gasteiger partial charge >= 0.3 is 6.09 Å². The van der Waals surface area contributed by atoms with E-state index in [0.29, 0.717) is 0 Å². The molecule has 0 saturated carbocycles. The number of carbonyl (C=O) groups is 1. The molecule has 0 unspecified atom stereocenters. The number of likely N-dealkylation sites (tertiary alicyclic amines) is 1. The Morgan fingerprint density at radius 1 is 1.39 bits per heavy atom. The van der Waals surface area contributed by atoms with Gasteiger partial charge in [-0.3, -0.25) is 4.99 Å². The van der Waals surface area contributed by atoms with E-state index in [9.17, 15) is 4.79 Å². The number of nitrogens with zero attached hydrogens (tertiary/aromatic N) is 2. The second-order valence-corrected chi connectivity index (χ2v) is 6.41. The zero-order chi connectivity index (χ0) is 17.4. The molecule has 1 heterocycles. The van der Waals surface area contributed by atoms with Gasteiger partial charge in [-0.2, -0.15) is 0 Å². The minimum Gasteiger partial charge on any atom is -0.447 e. The summed E-state index contributed by atoms with van der Waals surface area (Å²) in [7, 11) is 0. The van der Waals surface area contributed by atoms with E-state index in [-0.39, 0.29) is 24.3 Å². The Bertz CT molecular complexity index is 478. The van der Waals surface area contributed by atoms with Gasteiger partial charge < -0.3 is 9.64 Å². The van der Waals surface area contributed by atoms with Gasteiger partial charge in [0.05, 0.1) is 12.6 Å². The van der Waals surface area contributed by atoms with Crippen molar-refractivity contribution in [1.82, 2.24) is 4.90 Å². The summed E-state index contributed by atoms with van der Waals surface area (Å²) < 4.78 is 5.40. The lowest BCUT2D eigenvalue weighted by Crippen LogP contribution is -2.51. The summed E-state index contributed by atoms with van der Waals surface area (Å²) in [6, 6.07) is 0.314. The third kappa shape index (κ3) is 5.85. The van der Waals surface area contributed by atoms with E-state index < -0.39 is 0 Å². The summed E-state index contributed by atoms with van der Waals surface area (Å²) in [4.78, 5) is 19.0. The predicted molar refractivity (Wildman–Crippen MR) is 97.1 cm³/mol. The van der Waals surface area contributed by atoms with Crippen LogP contribution in [-0.2, 0) is 4.74 Å². The zero-order valence-electron chi connectivity index (χ0n) is 15.5. The lowest BCUT2D eigenvalue weighted by Gasteiger charge is -2.40. The van der Waals surface area contributed by atoms with Crippen LogP contribution in [0.25, 0.3) is 0 Å². The monoisotopic (exact) mass is 320 g/mol. The molecule has 1 fully saturated rings. The van der Waals surface area contributed by atoms with Crippen molar-refractivity contribution in [3.8, 4) is 0 Å². The first kappa shape index (κ1) is 19.5. The predicted octanol–water partition coefficient (Wildman–Crippen LogP) is 4.76. The van der Waals surface area contributed by atoms with Crippen molar-refractivity contribution in [2.24, 2.45) is 4.99 Å². The average Bonchev–Trinajstić information content (AvgIpc) is 2.49. The maximum atomic E-state index is 12.3. The molecule has 4 heteroatoms. The van der Waals surface area contributed by atoms with Gasteiger partial charge in [-0.05, 0) is 46.6 Å². The Kier molecular flexibility index (Phi) is 8.07. The molecule has 130 valence electrons. The molecule has 0 spiro atoms. The van der Waals surface area contributed by atoms with Crippen LogP contribution >= 0.6 is 0 Å².